The van der Waals surface area contributed by atoms with Gasteiger partial charge in [-0.15, -0.1) is 0 Å². The number of carbonyl (C=O) groups excluding carboxylic acids is 2. The maximum Gasteiger partial charge on any atom is 0.306 e. The van der Waals surface area contributed by atoms with Gasteiger partial charge in [0.15, 0.2) is 0 Å². The Labute approximate surface area is 395 Å². The number of ether oxygens (including phenoxy) is 1. The average molecular weight is 890 g/mol. The number of hydrogen-bond acceptors (Lipinski definition) is 5. The molecule has 0 aromatic rings. The van der Waals surface area contributed by atoms with Crippen LogP contribution in [0.15, 0.2) is 97.2 Å². The Bertz CT molecular complexity index is 1270. The van der Waals surface area contributed by atoms with E-state index in [1.54, 1.807) is 0 Å². The van der Waals surface area contributed by atoms with Crippen molar-refractivity contribution in [3.8, 4) is 0 Å². The normalized spacial score (nSPS) is 14.0. The maximum atomic E-state index is 13.2. The summed E-state index contributed by atoms with van der Waals surface area (Å²) in [6.45, 7) is 6.30. The van der Waals surface area contributed by atoms with Crippen molar-refractivity contribution in [2.45, 2.75) is 251 Å². The van der Waals surface area contributed by atoms with E-state index in [0.717, 1.165) is 64.2 Å². The second-order valence-corrected chi connectivity index (χ2v) is 17.7. The van der Waals surface area contributed by atoms with E-state index in [-0.39, 0.29) is 31.3 Å². The fourth-order valence-electron chi connectivity index (χ4n) is 7.58. The molecule has 3 N–H and O–H groups in total. The molecular formula is C58H99NO5. The Morgan fingerprint density at radius 2 is 0.844 bits per heavy atom. The lowest BCUT2D eigenvalue weighted by atomic mass is 10.0. The number of aliphatic hydroxyl groups excluding tert-OH is 2. The highest BCUT2D eigenvalue weighted by Crippen LogP contribution is 2.17. The van der Waals surface area contributed by atoms with E-state index in [1.807, 2.05) is 54.7 Å². The fourth-order valence-corrected chi connectivity index (χ4v) is 7.58. The number of allylic oxidation sites excluding steroid dienone is 16. The first kappa shape index (κ1) is 60.8. The number of aliphatic hydroxyl groups is 2. The van der Waals surface area contributed by atoms with Gasteiger partial charge in [0.1, 0.15) is 6.10 Å². The number of hydrogen-bond donors (Lipinski definition) is 3. The van der Waals surface area contributed by atoms with E-state index in [2.05, 4.69) is 68.6 Å². The minimum Gasteiger partial charge on any atom is -0.462 e. The van der Waals surface area contributed by atoms with Crippen LogP contribution in [-0.2, 0) is 14.3 Å². The number of unbranched alkanes of at least 4 members (excludes halogenated alkanes) is 24. The Hall–Kier alpha value is -3.22. The lowest BCUT2D eigenvalue weighted by Crippen LogP contribution is -2.46. The summed E-state index contributed by atoms with van der Waals surface area (Å²) in [7, 11) is 0. The van der Waals surface area contributed by atoms with Gasteiger partial charge in [-0.1, -0.05) is 253 Å². The van der Waals surface area contributed by atoms with Gasteiger partial charge in [0.05, 0.1) is 25.2 Å². The van der Waals surface area contributed by atoms with Crippen LogP contribution >= 0.6 is 0 Å². The molecule has 0 fully saturated rings. The molecule has 0 radical (unpaired) electrons. The molecule has 0 aliphatic rings. The molecular weight excluding hydrogens is 791 g/mol. The Balaban J connectivity index is 4.73. The second-order valence-electron chi connectivity index (χ2n) is 17.7. The molecule has 64 heavy (non-hydrogen) atoms. The van der Waals surface area contributed by atoms with Crippen LogP contribution in [0.25, 0.3) is 0 Å². The van der Waals surface area contributed by atoms with Crippen LogP contribution in [0.4, 0.5) is 0 Å². The van der Waals surface area contributed by atoms with Gasteiger partial charge in [-0.25, -0.2) is 0 Å². The van der Waals surface area contributed by atoms with Gasteiger partial charge in [0.2, 0.25) is 5.91 Å². The zero-order valence-electron chi connectivity index (χ0n) is 41.6. The van der Waals surface area contributed by atoms with E-state index in [9.17, 15) is 19.8 Å². The first-order valence-electron chi connectivity index (χ1n) is 26.6. The van der Waals surface area contributed by atoms with Crippen LogP contribution in [0.3, 0.4) is 0 Å². The largest absolute Gasteiger partial charge is 0.462 e. The molecule has 0 aromatic heterocycles. The monoisotopic (exact) mass is 890 g/mol. The summed E-state index contributed by atoms with van der Waals surface area (Å²) in [5.41, 5.74) is 0. The van der Waals surface area contributed by atoms with E-state index in [0.29, 0.717) is 19.3 Å². The van der Waals surface area contributed by atoms with E-state index >= 15 is 0 Å². The maximum absolute atomic E-state index is 13.2. The summed E-state index contributed by atoms with van der Waals surface area (Å²) >= 11 is 0. The van der Waals surface area contributed by atoms with E-state index in [4.69, 9.17) is 4.74 Å². The van der Waals surface area contributed by atoms with Crippen LogP contribution in [0.1, 0.15) is 233 Å². The minimum absolute atomic E-state index is 0.0211. The summed E-state index contributed by atoms with van der Waals surface area (Å²) in [4.78, 5) is 26.1. The van der Waals surface area contributed by atoms with Crippen molar-refractivity contribution in [2.24, 2.45) is 0 Å². The van der Waals surface area contributed by atoms with Crippen LogP contribution in [0.5, 0.6) is 0 Å². The van der Waals surface area contributed by atoms with Crippen molar-refractivity contribution >= 4 is 11.9 Å². The quantitative estimate of drug-likeness (QED) is 0.0321. The van der Waals surface area contributed by atoms with Crippen molar-refractivity contribution in [1.82, 2.24) is 5.32 Å². The number of amides is 1. The Morgan fingerprint density at radius 1 is 0.469 bits per heavy atom. The lowest BCUT2D eigenvalue weighted by Gasteiger charge is -2.24. The zero-order valence-corrected chi connectivity index (χ0v) is 41.6. The molecule has 1 amide bonds. The first-order chi connectivity index (χ1) is 31.5. The molecule has 0 aliphatic heterocycles. The van der Waals surface area contributed by atoms with Crippen molar-refractivity contribution < 1.29 is 24.5 Å². The lowest BCUT2D eigenvalue weighted by molar-refractivity contribution is -0.151. The fraction of sp³-hybridized carbons (Fsp3) is 0.690. The molecule has 0 rings (SSSR count). The smallest absolute Gasteiger partial charge is 0.306 e. The highest BCUT2D eigenvalue weighted by molar-refractivity contribution is 5.77. The SMILES string of the molecule is CC/C=C/C=C/C=C\C=C/C=C/CCCC(=O)OC(CCCCC/C=C/C=C/C=C/CCCCCCC)CC(=O)NC(CO)C(O)CCCCCCCCCCCCCCCCCC. The predicted molar refractivity (Wildman–Crippen MR) is 277 cm³/mol. The van der Waals surface area contributed by atoms with Crippen molar-refractivity contribution in [2.75, 3.05) is 6.61 Å². The number of nitrogens with one attached hydrogen (secondary N) is 1. The van der Waals surface area contributed by atoms with E-state index in [1.165, 1.54) is 116 Å². The Kier molecular flexibility index (Phi) is 48.2. The van der Waals surface area contributed by atoms with Crippen molar-refractivity contribution in [1.29, 1.82) is 0 Å². The molecule has 0 aromatic carbocycles. The third-order valence-electron chi connectivity index (χ3n) is 11.6. The van der Waals surface area contributed by atoms with Crippen LogP contribution in [0.2, 0.25) is 0 Å². The summed E-state index contributed by atoms with van der Waals surface area (Å²) < 4.78 is 5.88. The van der Waals surface area contributed by atoms with Gasteiger partial charge in [0.25, 0.3) is 0 Å². The molecule has 0 heterocycles. The third kappa shape index (κ3) is 45.4. The number of rotatable bonds is 46. The third-order valence-corrected chi connectivity index (χ3v) is 11.6. The zero-order chi connectivity index (χ0) is 46.7. The highest BCUT2D eigenvalue weighted by Gasteiger charge is 2.24. The molecule has 3 unspecified atom stereocenters. The molecule has 3 atom stereocenters. The highest BCUT2D eigenvalue weighted by atomic mass is 16.5. The Morgan fingerprint density at radius 3 is 1.30 bits per heavy atom. The molecule has 6 nitrogen and oxygen atoms in total. The van der Waals surface area contributed by atoms with Crippen molar-refractivity contribution in [3.63, 3.8) is 0 Å². The molecule has 0 saturated heterocycles. The van der Waals surface area contributed by atoms with Crippen LogP contribution < -0.4 is 5.32 Å². The topological polar surface area (TPSA) is 95.9 Å². The van der Waals surface area contributed by atoms with Gasteiger partial charge in [-0.3, -0.25) is 9.59 Å². The minimum atomic E-state index is -0.815. The van der Waals surface area contributed by atoms with Gasteiger partial charge >= 0.3 is 5.97 Å². The summed E-state index contributed by atoms with van der Waals surface area (Å²) in [6, 6.07) is -0.734. The van der Waals surface area contributed by atoms with Crippen LogP contribution in [-0.4, -0.2) is 46.9 Å². The molecule has 366 valence electrons. The standard InChI is InChI=1S/C58H99NO5/c1-4-7-10-13-16-19-22-25-27-29-32-34-37-40-43-46-49-54(64-58(63)51-48-45-42-39-36-31-24-21-18-15-12-9-6-3)52-57(62)59-55(53-60)56(61)50-47-44-41-38-35-33-30-28-26-23-20-17-14-11-8-5-2/h9,12,15,18,21-22,24-25,27,29,31-32,34,36,39,42,54-56,60-61H,4-8,10-11,13-14,16-17,19-20,23,26,28,30,33,35,37-38,40-41,43-53H2,1-3H3,(H,59,62)/b12-9+,18-15+,24-21-,25-22+,29-27+,34-32+,36-31-,42-39+. The summed E-state index contributed by atoms with van der Waals surface area (Å²) in [5.74, 6) is -0.601. The number of carbonyl (C=O) groups is 2. The molecule has 6 heteroatoms. The van der Waals surface area contributed by atoms with Crippen LogP contribution in [0, 0.1) is 0 Å². The molecule has 0 aliphatic carbocycles. The number of esters is 1. The molecule has 0 saturated carbocycles. The molecule has 0 spiro atoms. The predicted octanol–water partition coefficient (Wildman–Crippen LogP) is 16.1. The van der Waals surface area contributed by atoms with Gasteiger partial charge < -0.3 is 20.3 Å². The van der Waals surface area contributed by atoms with Gasteiger partial charge in [-0.2, -0.15) is 0 Å². The van der Waals surface area contributed by atoms with Crippen molar-refractivity contribution in [3.05, 3.63) is 97.2 Å². The average Bonchev–Trinajstić information content (AvgIpc) is 3.29. The summed E-state index contributed by atoms with van der Waals surface area (Å²) in [5, 5.41) is 23.8. The second kappa shape index (κ2) is 50.8. The summed E-state index contributed by atoms with van der Waals surface area (Å²) in [6.07, 6.45) is 67.6. The van der Waals surface area contributed by atoms with Gasteiger partial charge in [-0.05, 0) is 64.2 Å². The molecule has 0 bridgehead atoms. The van der Waals surface area contributed by atoms with Gasteiger partial charge in [0, 0.05) is 6.42 Å². The first-order valence-corrected chi connectivity index (χ1v) is 26.6. The van der Waals surface area contributed by atoms with E-state index < -0.39 is 18.2 Å².